The predicted octanol–water partition coefficient (Wildman–Crippen LogP) is 2.98. The minimum Gasteiger partial charge on any atom is -0.483 e. The molecular weight excluding hydrogens is 490 g/mol. The van der Waals surface area contributed by atoms with Crippen molar-refractivity contribution in [3.05, 3.63) is 69.1 Å². The van der Waals surface area contributed by atoms with E-state index in [1.807, 2.05) is 18.1 Å². The van der Waals surface area contributed by atoms with Crippen molar-refractivity contribution < 1.29 is 19.2 Å². The van der Waals surface area contributed by atoms with E-state index in [9.17, 15) is 19.7 Å². The number of thioether (sulfide) groups is 1. The number of carbonyl (C=O) groups excluding carboxylic acids is 2. The quantitative estimate of drug-likeness (QED) is 0.259. The molecule has 10 nitrogen and oxygen atoms in total. The first kappa shape index (κ1) is 24.8. The van der Waals surface area contributed by atoms with Crippen molar-refractivity contribution in [2.75, 3.05) is 45.2 Å². The number of nitro benzene ring substituents is 1. The fourth-order valence-electron chi connectivity index (χ4n) is 3.60. The van der Waals surface area contributed by atoms with Crippen molar-refractivity contribution in [1.29, 1.82) is 0 Å². The molecule has 0 atom stereocenters. The van der Waals surface area contributed by atoms with Crippen LogP contribution in [-0.2, 0) is 9.59 Å². The standard InChI is InChI=1S/C23H23N5O5S2/c1-25-9-11-26(12-10-25)27-22(30)20(35-23(27)34)14-16-13-18(28(31)32)7-8-19(16)33-15-21(29)24-17-5-3-2-4-6-17/h2-8,13-14H,9-12,15H2,1H3,(H,24,29). The number of anilines is 1. The van der Waals surface area contributed by atoms with Crippen LogP contribution in [0.2, 0.25) is 0 Å². The van der Waals surface area contributed by atoms with Crippen molar-refractivity contribution in [1.82, 2.24) is 14.9 Å². The van der Waals surface area contributed by atoms with Gasteiger partial charge in [0.2, 0.25) is 0 Å². The van der Waals surface area contributed by atoms with Crippen LogP contribution < -0.4 is 10.1 Å². The molecule has 0 aromatic heterocycles. The Morgan fingerprint density at radius 3 is 2.60 bits per heavy atom. The Morgan fingerprint density at radius 1 is 1.20 bits per heavy atom. The Balaban J connectivity index is 1.53. The molecule has 2 amide bonds. The fourth-order valence-corrected chi connectivity index (χ4v) is 4.90. The fraction of sp³-hybridized carbons (Fsp3) is 0.261. The van der Waals surface area contributed by atoms with Crippen LogP contribution in [0.5, 0.6) is 5.75 Å². The molecule has 35 heavy (non-hydrogen) atoms. The number of ether oxygens (including phenoxy) is 1. The highest BCUT2D eigenvalue weighted by Gasteiger charge is 2.37. The molecule has 0 bridgehead atoms. The number of rotatable bonds is 7. The van der Waals surface area contributed by atoms with Crippen molar-refractivity contribution in [2.24, 2.45) is 0 Å². The van der Waals surface area contributed by atoms with Gasteiger partial charge in [0.15, 0.2) is 10.9 Å². The molecule has 2 fully saturated rings. The van der Waals surface area contributed by atoms with Gasteiger partial charge in [-0.2, -0.15) is 0 Å². The number of carbonyl (C=O) groups is 2. The number of amides is 2. The van der Waals surface area contributed by atoms with Gasteiger partial charge in [0.25, 0.3) is 17.5 Å². The average Bonchev–Trinajstić information content (AvgIpc) is 3.12. The van der Waals surface area contributed by atoms with Gasteiger partial charge in [-0.15, -0.1) is 0 Å². The van der Waals surface area contributed by atoms with E-state index in [1.54, 1.807) is 24.3 Å². The summed E-state index contributed by atoms with van der Waals surface area (Å²) < 4.78 is 6.07. The van der Waals surface area contributed by atoms with Crippen LogP contribution in [0, 0.1) is 10.1 Å². The van der Waals surface area contributed by atoms with Crippen LogP contribution in [0.4, 0.5) is 11.4 Å². The van der Waals surface area contributed by atoms with E-state index in [1.165, 1.54) is 29.3 Å². The maximum atomic E-state index is 13.2. The number of para-hydroxylation sites is 1. The number of hydrogen-bond donors (Lipinski definition) is 1. The Hall–Kier alpha value is -3.32. The molecule has 2 aromatic carbocycles. The number of nitrogens with zero attached hydrogens (tertiary/aromatic N) is 4. The maximum absolute atomic E-state index is 13.2. The molecule has 2 aliphatic rings. The van der Waals surface area contributed by atoms with Gasteiger partial charge in [0.1, 0.15) is 5.75 Å². The highest BCUT2D eigenvalue weighted by atomic mass is 32.2. The summed E-state index contributed by atoms with van der Waals surface area (Å²) in [5.41, 5.74) is 0.773. The van der Waals surface area contributed by atoms with Gasteiger partial charge in [-0.05, 0) is 31.3 Å². The highest BCUT2D eigenvalue weighted by molar-refractivity contribution is 8.26. The number of non-ortho nitro benzene ring substituents is 1. The van der Waals surface area contributed by atoms with E-state index in [0.29, 0.717) is 33.6 Å². The third-order valence-electron chi connectivity index (χ3n) is 5.44. The van der Waals surface area contributed by atoms with Crippen molar-refractivity contribution in [3.63, 3.8) is 0 Å². The molecule has 0 saturated carbocycles. The Morgan fingerprint density at radius 2 is 1.91 bits per heavy atom. The number of thiocarbonyl (C=S) groups is 1. The number of piperazine rings is 1. The largest absolute Gasteiger partial charge is 0.483 e. The van der Waals surface area contributed by atoms with E-state index >= 15 is 0 Å². The predicted molar refractivity (Wildman–Crippen MR) is 138 cm³/mol. The second kappa shape index (κ2) is 11.0. The van der Waals surface area contributed by atoms with E-state index in [4.69, 9.17) is 17.0 Å². The molecule has 1 N–H and O–H groups in total. The van der Waals surface area contributed by atoms with E-state index in [2.05, 4.69) is 10.2 Å². The molecule has 2 saturated heterocycles. The summed E-state index contributed by atoms with van der Waals surface area (Å²) in [5, 5.41) is 17.5. The van der Waals surface area contributed by atoms with Gasteiger partial charge in [0.05, 0.1) is 9.83 Å². The molecule has 0 spiro atoms. The van der Waals surface area contributed by atoms with Gasteiger partial charge in [0, 0.05) is 49.6 Å². The van der Waals surface area contributed by atoms with Crippen LogP contribution in [-0.4, -0.2) is 75.8 Å². The van der Waals surface area contributed by atoms with Crippen molar-refractivity contribution in [2.45, 2.75) is 0 Å². The summed E-state index contributed by atoms with van der Waals surface area (Å²) in [4.78, 5) is 38.8. The zero-order chi connectivity index (χ0) is 24.9. The van der Waals surface area contributed by atoms with E-state index in [-0.39, 0.29) is 29.9 Å². The number of nitrogens with one attached hydrogen (secondary N) is 1. The molecule has 182 valence electrons. The molecule has 2 aliphatic heterocycles. The third-order valence-corrected chi connectivity index (χ3v) is 6.73. The molecule has 0 radical (unpaired) electrons. The van der Waals surface area contributed by atoms with Gasteiger partial charge < -0.3 is 15.0 Å². The minimum absolute atomic E-state index is 0.160. The van der Waals surface area contributed by atoms with Gasteiger partial charge in [-0.1, -0.05) is 42.2 Å². The van der Waals surface area contributed by atoms with Crippen LogP contribution in [0.25, 0.3) is 6.08 Å². The highest BCUT2D eigenvalue weighted by Crippen LogP contribution is 2.36. The topological polar surface area (TPSA) is 108 Å². The lowest BCUT2D eigenvalue weighted by molar-refractivity contribution is -0.384. The molecule has 0 aliphatic carbocycles. The lowest BCUT2D eigenvalue weighted by Gasteiger charge is -2.37. The number of likely N-dealkylation sites (N-methyl/N-ethyl adjacent to an activating group) is 1. The summed E-state index contributed by atoms with van der Waals surface area (Å²) in [7, 11) is 2.02. The maximum Gasteiger partial charge on any atom is 0.280 e. The lowest BCUT2D eigenvalue weighted by Crippen LogP contribution is -2.54. The Labute approximate surface area is 211 Å². The molecule has 2 heterocycles. The first-order chi connectivity index (χ1) is 16.8. The number of benzene rings is 2. The zero-order valence-electron chi connectivity index (χ0n) is 18.9. The van der Waals surface area contributed by atoms with E-state index < -0.39 is 4.92 Å². The van der Waals surface area contributed by atoms with Crippen LogP contribution in [0.3, 0.4) is 0 Å². The number of hydrazine groups is 1. The second-order valence-corrected chi connectivity index (χ2v) is 9.61. The van der Waals surface area contributed by atoms with Gasteiger partial charge in [-0.25, -0.2) is 10.0 Å². The summed E-state index contributed by atoms with van der Waals surface area (Å²) in [6, 6.07) is 12.9. The van der Waals surface area contributed by atoms with Crippen LogP contribution >= 0.6 is 24.0 Å². The first-order valence-electron chi connectivity index (χ1n) is 10.8. The first-order valence-corrected chi connectivity index (χ1v) is 12.0. The van der Waals surface area contributed by atoms with Crippen molar-refractivity contribution in [3.8, 4) is 5.75 Å². The molecule has 4 rings (SSSR count). The summed E-state index contributed by atoms with van der Waals surface area (Å²) >= 11 is 6.58. The smallest absolute Gasteiger partial charge is 0.280 e. The van der Waals surface area contributed by atoms with Crippen LogP contribution in [0.15, 0.2) is 53.4 Å². The second-order valence-electron chi connectivity index (χ2n) is 7.93. The molecular formula is C23H23N5O5S2. The van der Waals surface area contributed by atoms with Crippen LogP contribution in [0.1, 0.15) is 5.56 Å². The van der Waals surface area contributed by atoms with E-state index in [0.717, 1.165) is 24.9 Å². The SMILES string of the molecule is CN1CCN(N2C(=O)C(=Cc3cc([N+](=O)[O-])ccc3OCC(=O)Nc3ccccc3)SC2=S)CC1. The summed E-state index contributed by atoms with van der Waals surface area (Å²) in [5.74, 6) is -0.436. The van der Waals surface area contributed by atoms with Gasteiger partial charge in [-0.3, -0.25) is 19.7 Å². The van der Waals surface area contributed by atoms with Gasteiger partial charge >= 0.3 is 0 Å². The molecule has 2 aromatic rings. The normalized spacial score (nSPS) is 18.2. The molecule has 0 unspecified atom stereocenters. The minimum atomic E-state index is -0.529. The molecule has 12 heteroatoms. The van der Waals surface area contributed by atoms with Crippen molar-refractivity contribution >= 4 is 57.6 Å². The lowest BCUT2D eigenvalue weighted by atomic mass is 10.1. The monoisotopic (exact) mass is 513 g/mol. The Bertz CT molecular complexity index is 1180. The average molecular weight is 514 g/mol. The zero-order valence-corrected chi connectivity index (χ0v) is 20.5. The summed E-state index contributed by atoms with van der Waals surface area (Å²) in [6.07, 6.45) is 1.52. The number of hydrogen-bond acceptors (Lipinski definition) is 9. The number of nitro groups is 1. The summed E-state index contributed by atoms with van der Waals surface area (Å²) in [6.45, 7) is 2.64. The third kappa shape index (κ3) is 6.03. The Kier molecular flexibility index (Phi) is 7.76.